The van der Waals surface area contributed by atoms with Crippen molar-refractivity contribution in [2.75, 3.05) is 13.1 Å². The van der Waals surface area contributed by atoms with Crippen molar-refractivity contribution in [2.45, 2.75) is 24.6 Å². The Balaban J connectivity index is 2.16. The number of aliphatic hydroxyl groups is 1. The van der Waals surface area contributed by atoms with E-state index in [9.17, 15) is 33.2 Å². The van der Waals surface area contributed by atoms with Gasteiger partial charge < -0.3 is 10.0 Å². The highest BCUT2D eigenvalue weighted by Crippen LogP contribution is 2.38. The number of piperidine rings is 1. The number of carbonyl (C=O) groups is 1. The van der Waals surface area contributed by atoms with E-state index in [0.29, 0.717) is 0 Å². The van der Waals surface area contributed by atoms with Gasteiger partial charge in [-0.15, -0.1) is 0 Å². The zero-order valence-corrected chi connectivity index (χ0v) is 11.3. The van der Waals surface area contributed by atoms with Gasteiger partial charge in [0.2, 0.25) is 0 Å². The molecule has 1 heterocycles. The molecule has 0 atom stereocenters. The Kier molecular flexibility index (Phi) is 4.10. The Labute approximate surface area is 123 Å². The minimum Gasteiger partial charge on any atom is -0.380 e. The van der Waals surface area contributed by atoms with E-state index in [1.807, 2.05) is 0 Å². The molecule has 1 fully saturated rings. The molecule has 1 aromatic carbocycles. The van der Waals surface area contributed by atoms with Crippen LogP contribution in [0, 0.1) is 10.1 Å². The molecule has 0 aromatic heterocycles. The number of amides is 1. The number of hydrogen-bond donors (Lipinski definition) is 1. The Morgan fingerprint density at radius 1 is 1.27 bits per heavy atom. The van der Waals surface area contributed by atoms with Gasteiger partial charge in [-0.2, -0.15) is 13.2 Å². The molecule has 0 bridgehead atoms. The summed E-state index contributed by atoms with van der Waals surface area (Å²) in [4.78, 5) is 23.5. The Hall–Kier alpha value is -2.16. The molecule has 120 valence electrons. The molecule has 0 spiro atoms. The Morgan fingerprint density at radius 2 is 1.82 bits per heavy atom. The van der Waals surface area contributed by atoms with E-state index in [2.05, 4.69) is 0 Å². The third-order valence-corrected chi connectivity index (χ3v) is 3.74. The van der Waals surface area contributed by atoms with Crippen LogP contribution in [0.3, 0.4) is 0 Å². The van der Waals surface area contributed by atoms with Crippen LogP contribution >= 0.6 is 0 Å². The molecule has 1 N–H and O–H groups in total. The van der Waals surface area contributed by atoms with Crippen LogP contribution in [0.25, 0.3) is 0 Å². The van der Waals surface area contributed by atoms with Crippen molar-refractivity contribution in [1.82, 2.24) is 4.90 Å². The van der Waals surface area contributed by atoms with Crippen LogP contribution in [0.15, 0.2) is 24.3 Å². The summed E-state index contributed by atoms with van der Waals surface area (Å²) < 4.78 is 38.1. The molecular weight excluding hydrogens is 305 g/mol. The number of nitro benzene ring substituents is 1. The molecule has 22 heavy (non-hydrogen) atoms. The van der Waals surface area contributed by atoms with Crippen LogP contribution in [0.4, 0.5) is 18.9 Å². The van der Waals surface area contributed by atoms with Crippen LogP contribution in [0.2, 0.25) is 0 Å². The molecule has 1 aromatic rings. The third kappa shape index (κ3) is 2.89. The molecule has 1 saturated heterocycles. The van der Waals surface area contributed by atoms with Crippen LogP contribution < -0.4 is 0 Å². The lowest BCUT2D eigenvalue weighted by atomic mass is 9.90. The number of hydrogen-bond acceptors (Lipinski definition) is 4. The molecule has 0 aliphatic carbocycles. The molecular formula is C13H13F3N2O4. The van der Waals surface area contributed by atoms with E-state index < -0.39 is 41.1 Å². The van der Waals surface area contributed by atoms with E-state index >= 15 is 0 Å². The first-order valence-electron chi connectivity index (χ1n) is 6.47. The Bertz CT molecular complexity index is 595. The minimum atomic E-state index is -4.76. The summed E-state index contributed by atoms with van der Waals surface area (Å²) in [6, 6.07) is 5.25. The van der Waals surface area contributed by atoms with Crippen molar-refractivity contribution in [2.24, 2.45) is 0 Å². The molecule has 0 saturated carbocycles. The number of halogens is 3. The maximum atomic E-state index is 12.7. The summed E-state index contributed by atoms with van der Waals surface area (Å²) in [5.41, 5.74) is -3.39. The second-order valence-electron chi connectivity index (χ2n) is 5.10. The lowest BCUT2D eigenvalue weighted by Gasteiger charge is -2.39. The average Bonchev–Trinajstić information content (AvgIpc) is 2.46. The van der Waals surface area contributed by atoms with Crippen molar-refractivity contribution in [3.63, 3.8) is 0 Å². The van der Waals surface area contributed by atoms with E-state index in [1.54, 1.807) is 0 Å². The number of benzene rings is 1. The highest BCUT2D eigenvalue weighted by atomic mass is 19.4. The van der Waals surface area contributed by atoms with Gasteiger partial charge in [-0.25, -0.2) is 0 Å². The number of rotatable bonds is 2. The summed E-state index contributed by atoms with van der Waals surface area (Å²) >= 11 is 0. The molecule has 1 aliphatic rings. The lowest BCUT2D eigenvalue weighted by molar-refractivity contribution is -0.385. The summed E-state index contributed by atoms with van der Waals surface area (Å²) in [6.45, 7) is -0.637. The number of alkyl halides is 3. The summed E-state index contributed by atoms with van der Waals surface area (Å²) in [5, 5.41) is 20.4. The van der Waals surface area contributed by atoms with Crippen LogP contribution in [-0.2, 0) is 0 Å². The summed E-state index contributed by atoms with van der Waals surface area (Å²) in [5.74, 6) is -0.712. The van der Waals surface area contributed by atoms with Gasteiger partial charge in [0.15, 0.2) is 5.60 Å². The fraction of sp³-hybridized carbons (Fsp3) is 0.462. The molecule has 6 nitrogen and oxygen atoms in total. The van der Waals surface area contributed by atoms with E-state index in [0.717, 1.165) is 11.0 Å². The quantitative estimate of drug-likeness (QED) is 0.669. The smallest absolute Gasteiger partial charge is 0.380 e. The predicted molar refractivity (Wildman–Crippen MR) is 69.2 cm³/mol. The zero-order valence-electron chi connectivity index (χ0n) is 11.3. The molecule has 2 rings (SSSR count). The fourth-order valence-electron chi connectivity index (χ4n) is 2.35. The third-order valence-electron chi connectivity index (χ3n) is 3.74. The van der Waals surface area contributed by atoms with E-state index in [1.165, 1.54) is 18.2 Å². The van der Waals surface area contributed by atoms with Crippen LogP contribution in [0.5, 0.6) is 0 Å². The first-order valence-corrected chi connectivity index (χ1v) is 6.47. The number of para-hydroxylation sites is 1. The number of nitrogens with zero attached hydrogens (tertiary/aromatic N) is 2. The molecule has 1 aliphatic heterocycles. The van der Waals surface area contributed by atoms with Gasteiger partial charge in [-0.3, -0.25) is 14.9 Å². The van der Waals surface area contributed by atoms with Gasteiger partial charge in [0.1, 0.15) is 5.56 Å². The second-order valence-corrected chi connectivity index (χ2v) is 5.10. The standard InChI is InChI=1S/C13H13F3N2O4/c14-13(15,16)12(20)5-7-17(8-6-12)11(19)9-3-1-2-4-10(9)18(21)22/h1-4,20H,5-8H2. The van der Waals surface area contributed by atoms with Gasteiger partial charge in [0.05, 0.1) is 4.92 Å². The van der Waals surface area contributed by atoms with Crippen molar-refractivity contribution < 1.29 is 28.0 Å². The maximum absolute atomic E-state index is 12.7. The topological polar surface area (TPSA) is 83.7 Å². The normalized spacial score (nSPS) is 18.1. The highest BCUT2D eigenvalue weighted by molar-refractivity contribution is 5.98. The van der Waals surface area contributed by atoms with Gasteiger partial charge in [0, 0.05) is 32.0 Å². The van der Waals surface area contributed by atoms with Crippen molar-refractivity contribution in [3.05, 3.63) is 39.9 Å². The molecule has 0 radical (unpaired) electrons. The maximum Gasteiger partial charge on any atom is 0.417 e. The first kappa shape index (κ1) is 16.2. The lowest BCUT2D eigenvalue weighted by Crippen LogP contribution is -2.54. The molecule has 9 heteroatoms. The molecule has 0 unspecified atom stereocenters. The van der Waals surface area contributed by atoms with Gasteiger partial charge >= 0.3 is 6.18 Å². The van der Waals surface area contributed by atoms with Crippen LogP contribution in [-0.4, -0.2) is 45.7 Å². The van der Waals surface area contributed by atoms with E-state index in [-0.39, 0.29) is 18.7 Å². The largest absolute Gasteiger partial charge is 0.417 e. The summed E-state index contributed by atoms with van der Waals surface area (Å²) in [7, 11) is 0. The van der Waals surface area contributed by atoms with Crippen molar-refractivity contribution in [3.8, 4) is 0 Å². The second kappa shape index (κ2) is 5.56. The first-order chi connectivity index (χ1) is 10.2. The average molecular weight is 318 g/mol. The summed E-state index contributed by atoms with van der Waals surface area (Å²) in [6.07, 6.45) is -6.06. The monoisotopic (exact) mass is 318 g/mol. The van der Waals surface area contributed by atoms with Crippen LogP contribution in [0.1, 0.15) is 23.2 Å². The zero-order chi connectivity index (χ0) is 16.5. The highest BCUT2D eigenvalue weighted by Gasteiger charge is 2.55. The van der Waals surface area contributed by atoms with E-state index in [4.69, 9.17) is 0 Å². The number of carbonyl (C=O) groups excluding carboxylic acids is 1. The van der Waals surface area contributed by atoms with Gasteiger partial charge in [0.25, 0.3) is 11.6 Å². The number of likely N-dealkylation sites (tertiary alicyclic amines) is 1. The molecule has 1 amide bonds. The number of nitro groups is 1. The van der Waals surface area contributed by atoms with Crippen molar-refractivity contribution in [1.29, 1.82) is 0 Å². The van der Waals surface area contributed by atoms with Gasteiger partial charge in [-0.1, -0.05) is 12.1 Å². The fourth-order valence-corrected chi connectivity index (χ4v) is 2.35. The predicted octanol–water partition coefficient (Wildman–Crippen LogP) is 2.12. The minimum absolute atomic E-state index is 0.176. The Morgan fingerprint density at radius 3 is 2.32 bits per heavy atom. The SMILES string of the molecule is O=C(c1ccccc1[N+](=O)[O-])N1CCC(O)(C(F)(F)F)CC1. The van der Waals surface area contributed by atoms with Gasteiger partial charge in [-0.05, 0) is 6.07 Å². The van der Waals surface area contributed by atoms with Crippen molar-refractivity contribution >= 4 is 11.6 Å².